The van der Waals surface area contributed by atoms with E-state index in [1.165, 1.54) is 6.07 Å². The SMILES string of the molecule is CCOc1cc(OCc2ccccc2)ccc1C(=O)N[C@H]1CC[C@@H](NC(=O)c2cc(F)cnc2OC2CCSCC2)CC1. The van der Waals surface area contributed by atoms with Crippen molar-refractivity contribution in [2.45, 2.75) is 70.2 Å². The maximum Gasteiger partial charge on any atom is 0.257 e. The number of rotatable bonds is 11. The first kappa shape index (κ1) is 30.7. The number of nitrogens with zero attached hydrogens (tertiary/aromatic N) is 1. The van der Waals surface area contributed by atoms with Crippen molar-refractivity contribution in [2.24, 2.45) is 0 Å². The molecule has 2 amide bonds. The summed E-state index contributed by atoms with van der Waals surface area (Å²) >= 11 is 1.87. The van der Waals surface area contributed by atoms with E-state index in [0.717, 1.165) is 36.1 Å². The number of pyridine rings is 1. The number of nitrogens with one attached hydrogen (secondary N) is 2. The fourth-order valence-corrected chi connectivity index (χ4v) is 6.40. The number of carbonyl (C=O) groups is 2. The van der Waals surface area contributed by atoms with Gasteiger partial charge in [-0.1, -0.05) is 30.3 Å². The van der Waals surface area contributed by atoms with Crippen LogP contribution < -0.4 is 24.8 Å². The number of ether oxygens (including phenoxy) is 3. The molecule has 0 unspecified atom stereocenters. The lowest BCUT2D eigenvalue weighted by Crippen LogP contribution is -2.44. The van der Waals surface area contributed by atoms with Crippen molar-refractivity contribution in [3.05, 3.63) is 83.3 Å². The fraction of sp³-hybridized carbons (Fsp3) is 0.424. The van der Waals surface area contributed by atoms with Gasteiger partial charge in [-0.3, -0.25) is 9.59 Å². The lowest BCUT2D eigenvalue weighted by atomic mass is 9.90. The Morgan fingerprint density at radius 2 is 1.56 bits per heavy atom. The molecular weight excluding hydrogens is 569 g/mol. The lowest BCUT2D eigenvalue weighted by Gasteiger charge is -2.30. The van der Waals surface area contributed by atoms with E-state index in [-0.39, 0.29) is 35.5 Å². The largest absolute Gasteiger partial charge is 0.493 e. The molecule has 5 rings (SSSR count). The Balaban J connectivity index is 1.13. The quantitative estimate of drug-likeness (QED) is 0.278. The van der Waals surface area contributed by atoms with Crippen LogP contribution in [-0.4, -0.2) is 53.1 Å². The number of amides is 2. The van der Waals surface area contributed by atoms with Crippen LogP contribution in [0.1, 0.15) is 71.7 Å². The van der Waals surface area contributed by atoms with Crippen LogP contribution >= 0.6 is 11.8 Å². The van der Waals surface area contributed by atoms with Gasteiger partial charge < -0.3 is 24.8 Å². The normalized spacial score (nSPS) is 18.8. The summed E-state index contributed by atoms with van der Waals surface area (Å²) in [7, 11) is 0. The third-order valence-electron chi connectivity index (χ3n) is 7.65. The van der Waals surface area contributed by atoms with Crippen LogP contribution in [0.2, 0.25) is 0 Å². The Hall–Kier alpha value is -3.79. The highest BCUT2D eigenvalue weighted by Gasteiger charge is 2.27. The topological polar surface area (TPSA) is 98.8 Å². The van der Waals surface area contributed by atoms with Crippen LogP contribution in [-0.2, 0) is 6.61 Å². The Morgan fingerprint density at radius 1 is 0.884 bits per heavy atom. The molecule has 0 spiro atoms. The first-order valence-corrected chi connectivity index (χ1v) is 16.1. The predicted molar refractivity (Wildman–Crippen MR) is 165 cm³/mol. The Kier molecular flexibility index (Phi) is 10.8. The van der Waals surface area contributed by atoms with E-state index in [2.05, 4.69) is 15.6 Å². The fourth-order valence-electron chi connectivity index (χ4n) is 5.34. The number of thioether (sulfide) groups is 1. The van der Waals surface area contributed by atoms with Gasteiger partial charge in [0, 0.05) is 18.2 Å². The van der Waals surface area contributed by atoms with Gasteiger partial charge in [-0.05, 0) is 80.7 Å². The van der Waals surface area contributed by atoms with Crippen molar-refractivity contribution >= 4 is 23.6 Å². The molecule has 2 aliphatic rings. The zero-order chi connectivity index (χ0) is 30.0. The molecule has 2 heterocycles. The summed E-state index contributed by atoms with van der Waals surface area (Å²) in [4.78, 5) is 30.4. The van der Waals surface area contributed by atoms with E-state index < -0.39 is 11.7 Å². The van der Waals surface area contributed by atoms with E-state index in [1.54, 1.807) is 18.2 Å². The monoisotopic (exact) mass is 607 g/mol. The number of aromatic nitrogens is 1. The van der Waals surface area contributed by atoms with Crippen LogP contribution in [0.5, 0.6) is 17.4 Å². The van der Waals surface area contributed by atoms with Crippen molar-refractivity contribution in [2.75, 3.05) is 18.1 Å². The van der Waals surface area contributed by atoms with Crippen molar-refractivity contribution in [3.8, 4) is 17.4 Å². The van der Waals surface area contributed by atoms with Gasteiger partial charge in [0.2, 0.25) is 5.88 Å². The molecule has 10 heteroatoms. The van der Waals surface area contributed by atoms with E-state index in [1.807, 2.05) is 49.0 Å². The van der Waals surface area contributed by atoms with Gasteiger partial charge in [-0.2, -0.15) is 11.8 Å². The summed E-state index contributed by atoms with van der Waals surface area (Å²) in [6, 6.07) is 16.2. The van der Waals surface area contributed by atoms with Crippen molar-refractivity contribution in [1.29, 1.82) is 0 Å². The highest BCUT2D eigenvalue weighted by molar-refractivity contribution is 7.99. The van der Waals surface area contributed by atoms with Crippen molar-refractivity contribution in [1.82, 2.24) is 15.6 Å². The van der Waals surface area contributed by atoms with Gasteiger partial charge in [0.05, 0.1) is 18.4 Å². The maximum absolute atomic E-state index is 14.0. The second-order valence-corrected chi connectivity index (χ2v) is 12.0. The molecule has 1 aliphatic carbocycles. The molecule has 1 saturated heterocycles. The molecule has 2 N–H and O–H groups in total. The Labute approximate surface area is 256 Å². The van der Waals surface area contributed by atoms with Crippen LogP contribution in [0, 0.1) is 5.82 Å². The summed E-state index contributed by atoms with van der Waals surface area (Å²) in [6.07, 6.45) is 5.57. The molecule has 3 aromatic rings. The first-order chi connectivity index (χ1) is 21.0. The van der Waals surface area contributed by atoms with E-state index in [9.17, 15) is 14.0 Å². The smallest absolute Gasteiger partial charge is 0.257 e. The summed E-state index contributed by atoms with van der Waals surface area (Å²) in [5.41, 5.74) is 1.62. The van der Waals surface area contributed by atoms with Gasteiger partial charge in [0.15, 0.2) is 0 Å². The highest BCUT2D eigenvalue weighted by atomic mass is 32.2. The number of hydrogen-bond acceptors (Lipinski definition) is 7. The molecule has 228 valence electrons. The lowest BCUT2D eigenvalue weighted by molar-refractivity contribution is 0.0884. The zero-order valence-corrected chi connectivity index (χ0v) is 25.2. The molecular formula is C33H38FN3O5S. The average molecular weight is 608 g/mol. The van der Waals surface area contributed by atoms with E-state index in [4.69, 9.17) is 14.2 Å². The predicted octanol–water partition coefficient (Wildman–Crippen LogP) is 5.94. The van der Waals surface area contributed by atoms with Crippen molar-refractivity contribution < 1.29 is 28.2 Å². The van der Waals surface area contributed by atoms with Crippen LogP contribution in [0.15, 0.2) is 60.8 Å². The Morgan fingerprint density at radius 3 is 2.23 bits per heavy atom. The van der Waals surface area contributed by atoms with Crippen LogP contribution in [0.3, 0.4) is 0 Å². The highest BCUT2D eigenvalue weighted by Crippen LogP contribution is 2.28. The third-order valence-corrected chi connectivity index (χ3v) is 8.70. The average Bonchev–Trinajstić information content (AvgIpc) is 3.03. The molecule has 1 saturated carbocycles. The van der Waals surface area contributed by atoms with Gasteiger partial charge in [-0.25, -0.2) is 9.37 Å². The molecule has 1 aromatic heterocycles. The molecule has 2 fully saturated rings. The minimum atomic E-state index is -0.578. The molecule has 1 aliphatic heterocycles. The standard InChI is InChI=1S/C33H38FN3O5S/c1-2-40-30-19-27(41-21-22-6-4-3-5-7-22)12-13-28(30)31(38)36-24-8-10-25(11-9-24)37-32(39)29-18-23(34)20-35-33(29)42-26-14-16-43-17-15-26/h3-7,12-13,18-20,24-26H,2,8-11,14-17,21H2,1H3,(H,36,38)(H,37,39)/t24-,25+. The zero-order valence-electron chi connectivity index (χ0n) is 24.4. The number of carbonyl (C=O) groups excluding carboxylic acids is 2. The summed E-state index contributed by atoms with van der Waals surface area (Å²) in [6.45, 7) is 2.71. The van der Waals surface area contributed by atoms with Gasteiger partial charge in [-0.15, -0.1) is 0 Å². The molecule has 0 atom stereocenters. The Bertz CT molecular complexity index is 1380. The number of halogens is 1. The summed E-state index contributed by atoms with van der Waals surface area (Å²) in [5.74, 6) is 2.09. The second kappa shape index (κ2) is 15.1. The number of hydrogen-bond donors (Lipinski definition) is 2. The van der Waals surface area contributed by atoms with E-state index >= 15 is 0 Å². The molecule has 2 aromatic carbocycles. The minimum absolute atomic E-state index is 0.0222. The summed E-state index contributed by atoms with van der Waals surface area (Å²) in [5, 5.41) is 6.15. The molecule has 43 heavy (non-hydrogen) atoms. The maximum atomic E-state index is 14.0. The second-order valence-electron chi connectivity index (χ2n) is 10.8. The first-order valence-electron chi connectivity index (χ1n) is 14.9. The van der Waals surface area contributed by atoms with Gasteiger partial charge >= 0.3 is 0 Å². The molecule has 0 radical (unpaired) electrons. The molecule has 0 bridgehead atoms. The van der Waals surface area contributed by atoms with E-state index in [0.29, 0.717) is 56.0 Å². The van der Waals surface area contributed by atoms with Crippen LogP contribution in [0.4, 0.5) is 4.39 Å². The van der Waals surface area contributed by atoms with Crippen molar-refractivity contribution in [3.63, 3.8) is 0 Å². The molecule has 8 nitrogen and oxygen atoms in total. The minimum Gasteiger partial charge on any atom is -0.493 e. The van der Waals surface area contributed by atoms with Gasteiger partial charge in [0.25, 0.3) is 11.8 Å². The van der Waals surface area contributed by atoms with Gasteiger partial charge in [0.1, 0.15) is 35.6 Å². The number of benzene rings is 2. The van der Waals surface area contributed by atoms with Crippen LogP contribution in [0.25, 0.3) is 0 Å². The third kappa shape index (κ3) is 8.63. The summed E-state index contributed by atoms with van der Waals surface area (Å²) < 4.78 is 31.7.